The van der Waals surface area contributed by atoms with Crippen LogP contribution in [0.2, 0.25) is 0 Å². The van der Waals surface area contributed by atoms with Gasteiger partial charge in [0.2, 0.25) is 5.82 Å². The number of halogens is 7. The summed E-state index contributed by atoms with van der Waals surface area (Å²) in [6.45, 7) is 0. The Morgan fingerprint density at radius 3 is 1.55 bits per heavy atom. The molecule has 1 aliphatic rings. The van der Waals surface area contributed by atoms with Crippen molar-refractivity contribution in [1.29, 1.82) is 0 Å². The third-order valence-corrected chi connectivity index (χ3v) is 2.30. The molecule has 0 saturated carbocycles. The zero-order chi connectivity index (χ0) is 13.9. The molecule has 2 rings (SSSR count). The summed E-state index contributed by atoms with van der Waals surface area (Å²) in [4.78, 5) is 0. The summed E-state index contributed by atoms with van der Waals surface area (Å²) < 4.78 is 64.9. The average Bonchev–Trinajstić information content (AvgIpc) is 2.90. The van der Waals surface area contributed by atoms with Crippen molar-refractivity contribution >= 4 is 15.3 Å². The SMILES string of the molecule is Fc1c(F)c(F)c(C2=CC=CC2)c(F)c1F.[Cl-].[Cl-].[S]=[Ti+2]. The molecule has 0 saturated heterocycles. The molecule has 0 radical (unpaired) electrons. The molecule has 0 spiro atoms. The third kappa shape index (κ3) is 4.18. The Kier molecular flexibility index (Phi) is 10.8. The fourth-order valence-corrected chi connectivity index (χ4v) is 1.52. The van der Waals surface area contributed by atoms with Crippen LogP contribution in [0.1, 0.15) is 12.0 Å². The van der Waals surface area contributed by atoms with Crippen molar-refractivity contribution < 1.29 is 65.4 Å². The van der Waals surface area contributed by atoms with Crippen molar-refractivity contribution in [2.75, 3.05) is 0 Å². The Bertz CT molecular complexity index is 519. The molecule has 0 heterocycles. The Morgan fingerprint density at radius 2 is 1.20 bits per heavy atom. The quantitative estimate of drug-likeness (QED) is 0.243. The van der Waals surface area contributed by atoms with Gasteiger partial charge in [0.15, 0.2) is 23.3 Å². The van der Waals surface area contributed by atoms with Crippen LogP contribution in [0.4, 0.5) is 22.0 Å². The molecule has 0 N–H and O–H groups in total. The summed E-state index contributed by atoms with van der Waals surface area (Å²) in [5.74, 6) is -9.54. The first-order chi connectivity index (χ1) is 8.54. The standard InChI is InChI=1S/C11H5F5.2ClH.S.Ti/c12-7-6(5-3-1-2-4-5)8(13)10(15)11(16)9(7)14;;;;/h1-3H,4H2;2*1H;;/q;;;;+2/p-2. The van der Waals surface area contributed by atoms with Crippen molar-refractivity contribution in [3.63, 3.8) is 0 Å². The number of benzene rings is 1. The number of hydrogen-bond donors (Lipinski definition) is 0. The maximum atomic E-state index is 13.3. The normalized spacial score (nSPS) is 11.8. The van der Waals surface area contributed by atoms with Gasteiger partial charge in [0.25, 0.3) is 0 Å². The van der Waals surface area contributed by atoms with E-state index in [1.807, 2.05) is 0 Å². The van der Waals surface area contributed by atoms with Crippen LogP contribution in [0.3, 0.4) is 0 Å². The molecule has 1 aromatic rings. The first-order valence-electron chi connectivity index (χ1n) is 4.62. The molecule has 9 heteroatoms. The van der Waals surface area contributed by atoms with Crippen molar-refractivity contribution in [3.05, 3.63) is 52.9 Å². The predicted octanol–water partition coefficient (Wildman–Crippen LogP) is -1.62. The van der Waals surface area contributed by atoms with Crippen LogP contribution >= 0.6 is 9.70 Å². The average molecular weight is 383 g/mol. The van der Waals surface area contributed by atoms with Gasteiger partial charge in [-0.2, -0.15) is 0 Å². The van der Waals surface area contributed by atoms with E-state index in [4.69, 9.17) is 0 Å². The predicted molar refractivity (Wildman–Crippen MR) is 55.6 cm³/mol. The van der Waals surface area contributed by atoms with Crippen molar-refractivity contribution in [2.45, 2.75) is 6.42 Å². The summed E-state index contributed by atoms with van der Waals surface area (Å²) in [5, 5.41) is 0. The van der Waals surface area contributed by atoms with Gasteiger partial charge >= 0.3 is 28.3 Å². The van der Waals surface area contributed by atoms with E-state index >= 15 is 0 Å². The van der Waals surface area contributed by atoms with Gasteiger partial charge < -0.3 is 24.8 Å². The summed E-state index contributed by atoms with van der Waals surface area (Å²) in [6.07, 6.45) is 4.53. The second-order valence-corrected chi connectivity index (χ2v) is 3.27. The molecular formula is C11H5Cl2F5STi. The molecule has 1 aliphatic carbocycles. The zero-order valence-electron chi connectivity index (χ0n) is 9.49. The minimum absolute atomic E-state index is 0. The molecule has 0 nitrogen and oxygen atoms in total. The van der Waals surface area contributed by atoms with E-state index < -0.39 is 34.6 Å². The van der Waals surface area contributed by atoms with E-state index in [0.717, 1.165) is 0 Å². The van der Waals surface area contributed by atoms with E-state index in [-0.39, 0.29) is 36.8 Å². The van der Waals surface area contributed by atoms with Gasteiger partial charge in [0, 0.05) is 0 Å². The van der Waals surface area contributed by atoms with E-state index in [2.05, 4.69) is 9.70 Å². The Balaban J connectivity index is 0. The fraction of sp³-hybridized carbons (Fsp3) is 0.0909. The van der Waals surface area contributed by atoms with Gasteiger partial charge in [0.05, 0.1) is 5.56 Å². The number of hydrogen-bond acceptors (Lipinski definition) is 1. The molecule has 0 aromatic heterocycles. The number of allylic oxidation sites excluding steroid dienone is 4. The summed E-state index contributed by atoms with van der Waals surface area (Å²) in [5.41, 5.74) is -0.769. The summed E-state index contributed by atoms with van der Waals surface area (Å²) >= 11 is 1.58. The second kappa shape index (κ2) is 9.74. The van der Waals surface area contributed by atoms with Crippen molar-refractivity contribution in [1.82, 2.24) is 0 Å². The summed E-state index contributed by atoms with van der Waals surface area (Å²) in [6, 6.07) is 0. The van der Waals surface area contributed by atoms with E-state index in [9.17, 15) is 22.0 Å². The van der Waals surface area contributed by atoms with Gasteiger partial charge in [-0.3, -0.25) is 0 Å². The van der Waals surface area contributed by atoms with Crippen molar-refractivity contribution in [2.24, 2.45) is 0 Å². The minimum atomic E-state index is -2.13. The molecule has 0 bridgehead atoms. The van der Waals surface area contributed by atoms with Crippen LogP contribution in [0, 0.1) is 29.1 Å². The third-order valence-electron chi connectivity index (χ3n) is 2.30. The van der Waals surface area contributed by atoms with Crippen LogP contribution in [0.5, 0.6) is 0 Å². The Labute approximate surface area is 139 Å². The van der Waals surface area contributed by atoms with Crippen LogP contribution in [0.15, 0.2) is 18.2 Å². The summed E-state index contributed by atoms with van der Waals surface area (Å²) in [7, 11) is 4.08. The van der Waals surface area contributed by atoms with Crippen molar-refractivity contribution in [3.8, 4) is 0 Å². The van der Waals surface area contributed by atoms with Crippen LogP contribution in [0.25, 0.3) is 5.57 Å². The monoisotopic (exact) mass is 382 g/mol. The van der Waals surface area contributed by atoms with E-state index in [0.29, 0.717) is 0 Å². The Hall–Kier alpha value is -0.136. The molecule has 0 aliphatic heterocycles. The molecule has 108 valence electrons. The Morgan fingerprint density at radius 1 is 0.800 bits per heavy atom. The van der Waals surface area contributed by atoms with E-state index in [1.165, 1.54) is 12.2 Å². The van der Waals surface area contributed by atoms with Crippen LogP contribution in [-0.2, 0) is 18.6 Å². The van der Waals surface area contributed by atoms with E-state index in [1.54, 1.807) is 24.7 Å². The molecule has 1 aromatic carbocycles. The first kappa shape index (κ1) is 22.2. The van der Waals surface area contributed by atoms with Gasteiger partial charge in [0.1, 0.15) is 0 Å². The molecule has 0 unspecified atom stereocenters. The van der Waals surface area contributed by atoms with Gasteiger partial charge in [-0.1, -0.05) is 18.2 Å². The fourth-order valence-electron chi connectivity index (χ4n) is 1.52. The van der Waals surface area contributed by atoms with Crippen LogP contribution < -0.4 is 24.8 Å². The maximum absolute atomic E-state index is 13.3. The topological polar surface area (TPSA) is 0 Å². The van der Waals surface area contributed by atoms with Gasteiger partial charge in [-0.05, 0) is 12.0 Å². The molecule has 20 heavy (non-hydrogen) atoms. The molecule has 0 amide bonds. The molecular weight excluding hydrogens is 378 g/mol. The van der Waals surface area contributed by atoms with Gasteiger partial charge in [-0.15, -0.1) is 0 Å². The van der Waals surface area contributed by atoms with Crippen LogP contribution in [-0.4, -0.2) is 0 Å². The molecule has 0 atom stereocenters. The second-order valence-electron chi connectivity index (χ2n) is 3.27. The van der Waals surface area contributed by atoms with Gasteiger partial charge in [-0.25, -0.2) is 22.0 Å². The zero-order valence-corrected chi connectivity index (χ0v) is 13.4. The number of rotatable bonds is 1. The first-order valence-corrected chi connectivity index (χ1v) is 6.94. The molecule has 0 fully saturated rings.